The average molecular weight is 230 g/mol. The molecule has 0 bridgehead atoms. The van der Waals surface area contributed by atoms with E-state index in [1.165, 1.54) is 6.07 Å². The van der Waals surface area contributed by atoms with Crippen LogP contribution in [-0.4, -0.2) is 19.3 Å². The molecule has 0 atom stereocenters. The molecule has 4 heteroatoms. The van der Waals surface area contributed by atoms with Crippen molar-refractivity contribution in [3.8, 4) is 0 Å². The Labute approximate surface area is 93.4 Å². The molecule has 82 valence electrons. The number of methoxy groups -OCH3 is 1. The van der Waals surface area contributed by atoms with E-state index in [9.17, 15) is 4.39 Å². The first kappa shape index (κ1) is 10.7. The summed E-state index contributed by atoms with van der Waals surface area (Å²) < 4.78 is 18.3. The second kappa shape index (κ2) is 4.37. The summed E-state index contributed by atoms with van der Waals surface area (Å²) in [6.07, 6.45) is 2.29. The van der Waals surface area contributed by atoms with Gasteiger partial charge in [0.05, 0.1) is 11.1 Å². The predicted octanol–water partition coefficient (Wildman–Crippen LogP) is 3.07. The molecular formula is C11H13ClFNO. The van der Waals surface area contributed by atoms with Crippen molar-refractivity contribution in [1.82, 2.24) is 0 Å². The van der Waals surface area contributed by atoms with Crippen LogP contribution in [0.25, 0.3) is 0 Å². The van der Waals surface area contributed by atoms with E-state index in [-0.39, 0.29) is 10.8 Å². The van der Waals surface area contributed by atoms with Gasteiger partial charge < -0.3 is 10.1 Å². The Morgan fingerprint density at radius 3 is 2.80 bits per heavy atom. The number of rotatable bonds is 3. The van der Waals surface area contributed by atoms with E-state index in [4.69, 9.17) is 16.3 Å². The highest BCUT2D eigenvalue weighted by atomic mass is 35.5. The van der Waals surface area contributed by atoms with E-state index < -0.39 is 0 Å². The van der Waals surface area contributed by atoms with Gasteiger partial charge in [0.2, 0.25) is 0 Å². The summed E-state index contributed by atoms with van der Waals surface area (Å²) in [7, 11) is 1.71. The first-order valence-electron chi connectivity index (χ1n) is 4.93. The first-order valence-corrected chi connectivity index (χ1v) is 5.31. The molecule has 15 heavy (non-hydrogen) atoms. The lowest BCUT2D eigenvalue weighted by atomic mass is 9.89. The summed E-state index contributed by atoms with van der Waals surface area (Å²) in [5.41, 5.74) is 0.774. The summed E-state index contributed by atoms with van der Waals surface area (Å²) in [5, 5.41) is 3.39. The van der Waals surface area contributed by atoms with Crippen molar-refractivity contribution >= 4 is 17.3 Å². The maximum atomic E-state index is 13.1. The fourth-order valence-corrected chi connectivity index (χ4v) is 1.82. The molecule has 1 aliphatic rings. The number of halogens is 2. The number of anilines is 1. The van der Waals surface area contributed by atoms with Crippen LogP contribution in [0.15, 0.2) is 18.2 Å². The average Bonchev–Trinajstić information content (AvgIpc) is 2.16. The standard InChI is InChI=1S/C11H13ClFNO/c1-15-9-4-8(5-9)14-7-2-3-10(12)11(13)6-7/h2-3,6,8-9,14H,4-5H2,1H3. The summed E-state index contributed by atoms with van der Waals surface area (Å²) in [6.45, 7) is 0. The molecule has 0 aliphatic heterocycles. The maximum Gasteiger partial charge on any atom is 0.143 e. The van der Waals surface area contributed by atoms with E-state index in [2.05, 4.69) is 5.32 Å². The third-order valence-corrected chi connectivity index (χ3v) is 3.03. The first-order chi connectivity index (χ1) is 7.19. The molecule has 0 radical (unpaired) electrons. The van der Waals surface area contributed by atoms with Crippen molar-refractivity contribution in [1.29, 1.82) is 0 Å². The van der Waals surface area contributed by atoms with Crippen LogP contribution in [0.3, 0.4) is 0 Å². The Balaban J connectivity index is 1.92. The zero-order valence-electron chi connectivity index (χ0n) is 8.47. The fourth-order valence-electron chi connectivity index (χ4n) is 1.70. The molecule has 0 saturated heterocycles. The molecule has 2 nitrogen and oxygen atoms in total. The normalized spacial score (nSPS) is 24.7. The minimum Gasteiger partial charge on any atom is -0.382 e. The van der Waals surface area contributed by atoms with Gasteiger partial charge >= 0.3 is 0 Å². The summed E-state index contributed by atoms with van der Waals surface area (Å²) in [4.78, 5) is 0. The van der Waals surface area contributed by atoms with Gasteiger partial charge in [0.25, 0.3) is 0 Å². The van der Waals surface area contributed by atoms with Crippen LogP contribution in [0.4, 0.5) is 10.1 Å². The Hall–Kier alpha value is -0.800. The van der Waals surface area contributed by atoms with E-state index >= 15 is 0 Å². The monoisotopic (exact) mass is 229 g/mol. The quantitative estimate of drug-likeness (QED) is 0.860. The summed E-state index contributed by atoms with van der Waals surface area (Å²) >= 11 is 5.59. The fraction of sp³-hybridized carbons (Fsp3) is 0.455. The molecule has 0 unspecified atom stereocenters. The molecule has 0 spiro atoms. The predicted molar refractivity (Wildman–Crippen MR) is 58.9 cm³/mol. The highest BCUT2D eigenvalue weighted by Crippen LogP contribution is 2.27. The second-order valence-corrected chi connectivity index (χ2v) is 4.21. The van der Waals surface area contributed by atoms with Crippen molar-refractivity contribution in [2.24, 2.45) is 0 Å². The number of benzene rings is 1. The molecule has 1 aromatic rings. The molecule has 1 aromatic carbocycles. The van der Waals surface area contributed by atoms with Crippen LogP contribution in [-0.2, 0) is 4.74 Å². The zero-order valence-corrected chi connectivity index (χ0v) is 9.22. The number of hydrogen-bond donors (Lipinski definition) is 1. The molecule has 0 heterocycles. The van der Waals surface area contributed by atoms with Crippen molar-refractivity contribution < 1.29 is 9.13 Å². The van der Waals surface area contributed by atoms with Crippen LogP contribution in [0, 0.1) is 5.82 Å². The second-order valence-electron chi connectivity index (χ2n) is 3.80. The molecule has 0 amide bonds. The zero-order chi connectivity index (χ0) is 10.8. The van der Waals surface area contributed by atoms with Gasteiger partial charge in [0, 0.05) is 18.8 Å². The van der Waals surface area contributed by atoms with Gasteiger partial charge in [-0.1, -0.05) is 11.6 Å². The van der Waals surface area contributed by atoms with E-state index in [0.717, 1.165) is 18.5 Å². The summed E-state index contributed by atoms with van der Waals surface area (Å²) in [5.74, 6) is -0.385. The van der Waals surface area contributed by atoms with Crippen LogP contribution in [0.2, 0.25) is 5.02 Å². The topological polar surface area (TPSA) is 21.3 Å². The molecule has 1 N–H and O–H groups in total. The number of hydrogen-bond acceptors (Lipinski definition) is 2. The third kappa shape index (κ3) is 2.41. The van der Waals surface area contributed by atoms with Gasteiger partial charge in [-0.2, -0.15) is 0 Å². The Bertz CT molecular complexity index is 352. The molecule has 2 rings (SSSR count). The molecule has 1 fully saturated rings. The van der Waals surface area contributed by atoms with Gasteiger partial charge in [0.1, 0.15) is 5.82 Å². The largest absolute Gasteiger partial charge is 0.382 e. The van der Waals surface area contributed by atoms with Crippen molar-refractivity contribution in [2.75, 3.05) is 12.4 Å². The molecule has 1 saturated carbocycles. The molecule has 0 aromatic heterocycles. The third-order valence-electron chi connectivity index (χ3n) is 2.72. The summed E-state index contributed by atoms with van der Waals surface area (Å²) in [6, 6.07) is 5.15. The van der Waals surface area contributed by atoms with Crippen LogP contribution < -0.4 is 5.32 Å². The highest BCUT2D eigenvalue weighted by molar-refractivity contribution is 6.30. The van der Waals surface area contributed by atoms with E-state index in [1.807, 2.05) is 0 Å². The van der Waals surface area contributed by atoms with Gasteiger partial charge in [-0.25, -0.2) is 4.39 Å². The van der Waals surface area contributed by atoms with Gasteiger partial charge in [-0.15, -0.1) is 0 Å². The van der Waals surface area contributed by atoms with E-state index in [0.29, 0.717) is 12.1 Å². The number of ether oxygens (including phenoxy) is 1. The Morgan fingerprint density at radius 1 is 1.47 bits per heavy atom. The smallest absolute Gasteiger partial charge is 0.143 e. The van der Waals surface area contributed by atoms with Crippen molar-refractivity contribution in [3.63, 3.8) is 0 Å². The lowest BCUT2D eigenvalue weighted by molar-refractivity contribution is 0.0329. The lowest BCUT2D eigenvalue weighted by Gasteiger charge is -2.35. The van der Waals surface area contributed by atoms with Gasteiger partial charge in [-0.05, 0) is 31.0 Å². The van der Waals surface area contributed by atoms with Crippen LogP contribution in [0.5, 0.6) is 0 Å². The van der Waals surface area contributed by atoms with Crippen molar-refractivity contribution in [2.45, 2.75) is 25.0 Å². The minimum absolute atomic E-state index is 0.156. The van der Waals surface area contributed by atoms with Crippen LogP contribution >= 0.6 is 11.6 Å². The highest BCUT2D eigenvalue weighted by Gasteiger charge is 2.28. The number of nitrogens with one attached hydrogen (secondary N) is 1. The van der Waals surface area contributed by atoms with Crippen LogP contribution in [0.1, 0.15) is 12.8 Å². The Kier molecular flexibility index (Phi) is 3.12. The van der Waals surface area contributed by atoms with Gasteiger partial charge in [0.15, 0.2) is 0 Å². The van der Waals surface area contributed by atoms with Crippen molar-refractivity contribution in [3.05, 3.63) is 29.0 Å². The molecule has 1 aliphatic carbocycles. The Morgan fingerprint density at radius 2 is 2.20 bits per heavy atom. The molecular weight excluding hydrogens is 217 g/mol. The minimum atomic E-state index is -0.385. The van der Waals surface area contributed by atoms with E-state index in [1.54, 1.807) is 19.2 Å². The lowest BCUT2D eigenvalue weighted by Crippen LogP contribution is -2.40. The maximum absolute atomic E-state index is 13.1. The van der Waals surface area contributed by atoms with Gasteiger partial charge in [-0.3, -0.25) is 0 Å². The SMILES string of the molecule is COC1CC(Nc2ccc(Cl)c(F)c2)C1.